The van der Waals surface area contributed by atoms with Crippen LogP contribution in [0, 0.1) is 0 Å². The van der Waals surface area contributed by atoms with Crippen molar-refractivity contribution in [1.82, 2.24) is 0 Å². The van der Waals surface area contributed by atoms with Gasteiger partial charge >= 0.3 is 0 Å². The number of nitrogens with two attached hydrogens (primary N) is 1. The number of fused-ring (bicyclic) bond motifs is 9. The molecule has 2 N–H and O–H groups in total. The van der Waals surface area contributed by atoms with Gasteiger partial charge in [-0.3, -0.25) is 0 Å². The second kappa shape index (κ2) is 18.5. The van der Waals surface area contributed by atoms with Crippen LogP contribution in [0.2, 0.25) is 0 Å². The number of hydrazone groups is 1. The second-order valence-corrected chi connectivity index (χ2v) is 22.5. The highest BCUT2D eigenvalue weighted by Gasteiger charge is 2.60. The Kier molecular flexibility index (Phi) is 11.0. The van der Waals surface area contributed by atoms with Gasteiger partial charge < -0.3 is 20.5 Å². The van der Waals surface area contributed by atoms with Gasteiger partial charge in [0.15, 0.2) is 0 Å². The summed E-state index contributed by atoms with van der Waals surface area (Å²) in [7, 11) is 0. The molecule has 1 aliphatic carbocycles. The third-order valence-corrected chi connectivity index (χ3v) is 18.4. The predicted molar refractivity (Wildman–Crippen MR) is 337 cm³/mol. The van der Waals surface area contributed by atoms with Gasteiger partial charge in [0.05, 0.1) is 11.3 Å². The molecule has 11 aromatic rings. The van der Waals surface area contributed by atoms with Crippen molar-refractivity contribution in [2.75, 3.05) is 14.7 Å². The van der Waals surface area contributed by atoms with Crippen LogP contribution >= 0.6 is 0 Å². The van der Waals surface area contributed by atoms with E-state index in [-0.39, 0.29) is 12.1 Å². The number of anilines is 8. The first-order valence-electron chi connectivity index (χ1n) is 28.0. The van der Waals surface area contributed by atoms with E-state index in [0.717, 1.165) is 75.1 Å². The predicted octanol–water partition coefficient (Wildman–Crippen LogP) is 16.4. The maximum absolute atomic E-state index is 6.06. The summed E-state index contributed by atoms with van der Waals surface area (Å²) >= 11 is 0. The number of hydrogen-bond acceptors (Lipinski definition) is 5. The second-order valence-electron chi connectivity index (χ2n) is 22.5. The van der Waals surface area contributed by atoms with E-state index in [1.54, 1.807) is 0 Å². The molecule has 11 aromatic carbocycles. The van der Waals surface area contributed by atoms with E-state index in [1.165, 1.54) is 72.1 Å². The Morgan fingerprint density at radius 3 is 1.38 bits per heavy atom. The fraction of sp³-hybridized carbons (Fsp3) is 0.0946. The molecule has 0 fully saturated rings. The number of hydrogen-bond donors (Lipinski definition) is 1. The van der Waals surface area contributed by atoms with Crippen molar-refractivity contribution in [3.63, 3.8) is 0 Å². The molecule has 0 saturated carbocycles. The van der Waals surface area contributed by atoms with Gasteiger partial charge in [-0.25, -0.2) is 0 Å². The maximum atomic E-state index is 6.06. The van der Waals surface area contributed by atoms with Crippen LogP contribution in [0.25, 0.3) is 44.5 Å². The Balaban J connectivity index is 1.08. The highest BCUT2D eigenvalue weighted by Crippen LogP contribution is 2.64. The van der Waals surface area contributed by atoms with Crippen LogP contribution in [-0.2, 0) is 17.4 Å². The monoisotopic (exact) mass is 1030 g/mol. The smallest absolute Gasteiger partial charge is 0.252 e. The summed E-state index contributed by atoms with van der Waals surface area (Å²) < 4.78 is 0. The molecule has 2 atom stereocenters. The zero-order valence-electron chi connectivity index (χ0n) is 45.2. The summed E-state index contributed by atoms with van der Waals surface area (Å²) in [4.78, 5) is 7.90. The minimum atomic E-state index is -0.507. The molecule has 15 rings (SSSR count). The Morgan fingerprint density at radius 1 is 0.412 bits per heavy atom. The number of rotatable bonds is 8. The van der Waals surface area contributed by atoms with E-state index in [9.17, 15) is 0 Å². The molecule has 5 nitrogen and oxygen atoms in total. The fourth-order valence-corrected chi connectivity index (χ4v) is 14.2. The third kappa shape index (κ3) is 7.21. The molecule has 0 amide bonds. The van der Waals surface area contributed by atoms with Crippen molar-refractivity contribution in [1.29, 1.82) is 0 Å². The molecule has 3 aliphatic heterocycles. The lowest BCUT2D eigenvalue weighted by Gasteiger charge is -2.52. The first-order valence-corrected chi connectivity index (χ1v) is 28.0. The third-order valence-electron chi connectivity index (χ3n) is 18.4. The SMILES string of the molecule is C/C(=N\N)c1ccc2c(c1)C1(C)CCc3ccccc3C1(C)N2c1cc2c3c(c1)N(c1cccc(-c4ccccc4)c1)c1cc(-c4ccccc4)ccc1B3c1ccc(-c3ccccc3)cc1N2c1cccc(-c2ccccc2)c1. The number of benzene rings is 11. The van der Waals surface area contributed by atoms with Gasteiger partial charge in [0, 0.05) is 50.9 Å². The van der Waals surface area contributed by atoms with Crippen molar-refractivity contribution in [3.8, 4) is 44.5 Å². The Hall–Kier alpha value is -9.65. The molecule has 0 bridgehead atoms. The molecule has 80 heavy (non-hydrogen) atoms. The van der Waals surface area contributed by atoms with Crippen molar-refractivity contribution in [2.24, 2.45) is 10.9 Å². The van der Waals surface area contributed by atoms with Crippen LogP contribution in [0.4, 0.5) is 45.5 Å². The van der Waals surface area contributed by atoms with E-state index in [0.29, 0.717) is 0 Å². The minimum absolute atomic E-state index is 0.112. The van der Waals surface area contributed by atoms with Gasteiger partial charge in [-0.05, 0) is 171 Å². The lowest BCUT2D eigenvalue weighted by molar-refractivity contribution is 0.245. The minimum Gasteiger partial charge on any atom is -0.330 e. The van der Waals surface area contributed by atoms with Gasteiger partial charge in [0.1, 0.15) is 0 Å². The van der Waals surface area contributed by atoms with Crippen molar-refractivity contribution < 1.29 is 0 Å². The standard InChI is InChI=1S/C74H58BN5/c1-49(77-76)55-36-39-67-64(44-55)73(2)41-40-54-28-16-17-33-63(54)74(73,3)80(67)62-47-70-72-71(48-62)79(61-32-19-30-57(43-61)51-22-10-5-11-23-51)69-46-59(53-26-14-7-15-27-53)35-38-66(69)75(72)65-37-34-58(52-24-12-6-13-25-52)45-68(65)78(70)60-31-18-29-56(42-60)50-20-8-4-9-21-50/h4-39,42-48H,40-41,76H2,1-3H3/b77-49+. The molecule has 3 heterocycles. The molecule has 6 heteroatoms. The normalized spacial score (nSPS) is 17.5. The maximum Gasteiger partial charge on any atom is 0.252 e. The van der Waals surface area contributed by atoms with Crippen LogP contribution in [0.3, 0.4) is 0 Å². The summed E-state index contributed by atoms with van der Waals surface area (Å²) in [6.45, 7) is 6.92. The van der Waals surface area contributed by atoms with Gasteiger partial charge in [-0.1, -0.05) is 207 Å². The highest BCUT2D eigenvalue weighted by molar-refractivity contribution is 7.00. The van der Waals surface area contributed by atoms with Gasteiger partial charge in [0.25, 0.3) is 6.71 Å². The molecule has 0 aromatic heterocycles. The lowest BCUT2D eigenvalue weighted by Crippen LogP contribution is -2.61. The Morgan fingerprint density at radius 2 is 0.875 bits per heavy atom. The molecule has 0 spiro atoms. The van der Waals surface area contributed by atoms with E-state index in [1.807, 2.05) is 6.92 Å². The van der Waals surface area contributed by atoms with Crippen molar-refractivity contribution in [3.05, 3.63) is 283 Å². The van der Waals surface area contributed by atoms with E-state index < -0.39 is 5.54 Å². The van der Waals surface area contributed by atoms with Gasteiger partial charge in [0.2, 0.25) is 0 Å². The molecular formula is C74H58BN5. The molecule has 2 unspecified atom stereocenters. The Bertz CT molecular complexity index is 4070. The lowest BCUT2D eigenvalue weighted by atomic mass is 9.33. The van der Waals surface area contributed by atoms with Crippen molar-refractivity contribution >= 4 is 74.3 Å². The molecule has 0 saturated heterocycles. The van der Waals surface area contributed by atoms with E-state index in [2.05, 4.69) is 295 Å². The Labute approximate surface area is 469 Å². The number of nitrogens with zero attached hydrogens (tertiary/aromatic N) is 4. The summed E-state index contributed by atoms with van der Waals surface area (Å²) in [6.07, 6.45) is 1.97. The highest BCUT2D eigenvalue weighted by atomic mass is 15.3. The van der Waals surface area contributed by atoms with Crippen molar-refractivity contribution in [2.45, 2.75) is 44.6 Å². The van der Waals surface area contributed by atoms with Crippen LogP contribution < -0.4 is 36.9 Å². The largest absolute Gasteiger partial charge is 0.330 e. The summed E-state index contributed by atoms with van der Waals surface area (Å²) in [5.74, 6) is 6.06. The van der Waals surface area contributed by atoms with Crippen LogP contribution in [0.5, 0.6) is 0 Å². The van der Waals surface area contributed by atoms with Crippen LogP contribution in [0.15, 0.2) is 266 Å². The first-order chi connectivity index (χ1) is 39.3. The summed E-state index contributed by atoms with van der Waals surface area (Å²) in [6, 6.07) is 97.3. The van der Waals surface area contributed by atoms with E-state index >= 15 is 0 Å². The van der Waals surface area contributed by atoms with Gasteiger partial charge in [-0.15, -0.1) is 0 Å². The molecule has 4 aliphatic rings. The summed E-state index contributed by atoms with van der Waals surface area (Å²) in [5, 5.41) is 4.23. The molecule has 0 radical (unpaired) electrons. The quantitative estimate of drug-likeness (QED) is 0.0713. The summed E-state index contributed by atoms with van der Waals surface area (Å²) in [5.41, 5.74) is 27.5. The zero-order chi connectivity index (χ0) is 53.7. The van der Waals surface area contributed by atoms with Crippen LogP contribution in [0.1, 0.15) is 49.4 Å². The van der Waals surface area contributed by atoms with E-state index in [4.69, 9.17) is 5.84 Å². The zero-order valence-corrected chi connectivity index (χ0v) is 45.2. The first kappa shape index (κ1) is 47.6. The fourth-order valence-electron chi connectivity index (χ4n) is 14.2. The topological polar surface area (TPSA) is 48.1 Å². The average Bonchev–Trinajstić information content (AvgIpc) is 2.59. The van der Waals surface area contributed by atoms with Crippen LogP contribution in [-0.4, -0.2) is 12.4 Å². The molecule has 382 valence electrons. The number of aryl methyl sites for hydroxylation is 1. The van der Waals surface area contributed by atoms with Gasteiger partial charge in [-0.2, -0.15) is 5.10 Å². The molecular weight excluding hydrogens is 970 g/mol. The average molecular weight is 1030 g/mol.